The summed E-state index contributed by atoms with van der Waals surface area (Å²) in [5, 5.41) is 19.3. The van der Waals surface area contributed by atoms with Gasteiger partial charge in [-0.05, 0) is 91.5 Å². The van der Waals surface area contributed by atoms with Gasteiger partial charge in [0.25, 0.3) is 5.91 Å². The molecule has 1 heterocycles. The van der Waals surface area contributed by atoms with Crippen LogP contribution in [0.3, 0.4) is 0 Å². The smallest absolute Gasteiger partial charge is 0.335 e. The number of aliphatic hydroxyl groups is 1. The number of carboxylic acids is 1. The number of aryl methyl sites for hydroxylation is 1. The first-order chi connectivity index (χ1) is 14.3. The summed E-state index contributed by atoms with van der Waals surface area (Å²) in [4.78, 5) is 25.4. The Morgan fingerprint density at radius 3 is 2.43 bits per heavy atom. The summed E-state index contributed by atoms with van der Waals surface area (Å²) in [6.07, 6.45) is 12.4. The molecule has 0 radical (unpaired) electrons. The van der Waals surface area contributed by atoms with E-state index in [0.717, 1.165) is 43.5 Å². The summed E-state index contributed by atoms with van der Waals surface area (Å²) in [7, 11) is 0. The third kappa shape index (κ3) is 3.29. The number of hydrogen-bond donors (Lipinski definition) is 2. The normalized spacial score (nSPS) is 28.2. The number of allylic oxidation sites excluding steroid dienone is 4. The lowest BCUT2D eigenvalue weighted by molar-refractivity contribution is -0.144. The lowest BCUT2D eigenvalue weighted by Crippen LogP contribution is -2.45. The van der Waals surface area contributed by atoms with E-state index in [-0.39, 0.29) is 5.91 Å². The fourth-order valence-corrected chi connectivity index (χ4v) is 5.60. The summed E-state index contributed by atoms with van der Waals surface area (Å²) in [5.74, 6) is 0.283. The fourth-order valence-electron chi connectivity index (χ4n) is 5.60. The van der Waals surface area contributed by atoms with Crippen molar-refractivity contribution < 1.29 is 19.8 Å². The lowest BCUT2D eigenvalue weighted by Gasteiger charge is -2.35. The Kier molecular flexibility index (Phi) is 4.44. The van der Waals surface area contributed by atoms with Crippen LogP contribution in [0.15, 0.2) is 36.4 Å². The van der Waals surface area contributed by atoms with Gasteiger partial charge in [-0.15, -0.1) is 0 Å². The summed E-state index contributed by atoms with van der Waals surface area (Å²) < 4.78 is 0. The molecule has 5 rings (SSSR count). The molecule has 3 fully saturated rings. The molecule has 1 unspecified atom stereocenters. The maximum Gasteiger partial charge on any atom is 0.335 e. The van der Waals surface area contributed by atoms with Gasteiger partial charge in [0.2, 0.25) is 0 Å². The van der Waals surface area contributed by atoms with E-state index in [9.17, 15) is 14.7 Å². The Morgan fingerprint density at radius 1 is 1.13 bits per heavy atom. The minimum Gasteiger partial charge on any atom is -0.478 e. The van der Waals surface area contributed by atoms with E-state index in [1.807, 2.05) is 17.9 Å². The predicted molar refractivity (Wildman–Crippen MR) is 114 cm³/mol. The fraction of sp³-hybridized carbons (Fsp3) is 0.520. The summed E-state index contributed by atoms with van der Waals surface area (Å²) >= 11 is 0. The number of carboxylic acid groups (broad SMARTS) is 1. The van der Waals surface area contributed by atoms with Gasteiger partial charge in [0, 0.05) is 13.1 Å². The van der Waals surface area contributed by atoms with Crippen LogP contribution >= 0.6 is 0 Å². The van der Waals surface area contributed by atoms with E-state index in [1.54, 1.807) is 12.1 Å². The molecule has 5 heteroatoms. The molecule has 1 aliphatic heterocycles. The molecule has 5 nitrogen and oxygen atoms in total. The van der Waals surface area contributed by atoms with Crippen LogP contribution in [-0.4, -0.2) is 45.7 Å². The van der Waals surface area contributed by atoms with Crippen molar-refractivity contribution in [1.29, 1.82) is 0 Å². The number of hydrogen-bond acceptors (Lipinski definition) is 3. The maximum atomic E-state index is 12.4. The van der Waals surface area contributed by atoms with Gasteiger partial charge in [-0.1, -0.05) is 24.3 Å². The van der Waals surface area contributed by atoms with Crippen LogP contribution in [0.1, 0.15) is 60.0 Å². The van der Waals surface area contributed by atoms with Crippen LogP contribution in [-0.2, 0) is 4.79 Å². The zero-order chi connectivity index (χ0) is 21.1. The molecule has 0 aromatic heterocycles. The average Bonchev–Trinajstić information content (AvgIpc) is 3.66. The third-order valence-electron chi connectivity index (χ3n) is 7.86. The standard InChI is InChI=1S/C25H29NO4/c1-16-14-19(22(27)28)6-7-20(16)17-2-4-18(5-3-17)21-15-24(21)10-12-26(13-11-24)23(29)25(30)8-9-25/h2-4,6-7,14,18,21,30H,5,8-13,15H2,1H3,(H,27,28)/t18?,21-/m1/s1. The molecule has 30 heavy (non-hydrogen) atoms. The Hall–Kier alpha value is -2.40. The molecule has 1 amide bonds. The van der Waals surface area contributed by atoms with Crippen molar-refractivity contribution in [3.05, 3.63) is 53.1 Å². The number of nitrogens with zero attached hydrogens (tertiary/aromatic N) is 1. The van der Waals surface area contributed by atoms with Crippen molar-refractivity contribution in [2.45, 2.75) is 51.0 Å². The minimum absolute atomic E-state index is 0.0519. The second kappa shape index (κ2) is 6.81. The van der Waals surface area contributed by atoms with Crippen molar-refractivity contribution in [3.63, 3.8) is 0 Å². The minimum atomic E-state index is -1.04. The topological polar surface area (TPSA) is 77.8 Å². The number of aromatic carboxylic acids is 1. The van der Waals surface area contributed by atoms with Crippen molar-refractivity contribution in [2.75, 3.05) is 13.1 Å². The van der Waals surface area contributed by atoms with Crippen molar-refractivity contribution in [1.82, 2.24) is 4.90 Å². The molecule has 2 saturated carbocycles. The second-order valence-corrected chi connectivity index (χ2v) is 9.75. The number of benzene rings is 1. The molecule has 1 saturated heterocycles. The van der Waals surface area contributed by atoms with Gasteiger partial charge < -0.3 is 15.1 Å². The Balaban J connectivity index is 1.19. The van der Waals surface area contributed by atoms with Gasteiger partial charge in [-0.2, -0.15) is 0 Å². The van der Waals surface area contributed by atoms with Crippen molar-refractivity contribution >= 4 is 17.4 Å². The van der Waals surface area contributed by atoms with Crippen LogP contribution in [0.25, 0.3) is 5.57 Å². The molecule has 1 aromatic carbocycles. The van der Waals surface area contributed by atoms with Crippen LogP contribution in [0.4, 0.5) is 0 Å². The highest BCUT2D eigenvalue weighted by Crippen LogP contribution is 2.64. The zero-order valence-electron chi connectivity index (χ0n) is 17.4. The maximum absolute atomic E-state index is 12.4. The third-order valence-corrected chi connectivity index (χ3v) is 7.86. The number of carbonyl (C=O) groups excluding carboxylic acids is 1. The van der Waals surface area contributed by atoms with E-state index in [4.69, 9.17) is 5.11 Å². The summed E-state index contributed by atoms with van der Waals surface area (Å²) in [6.45, 7) is 3.53. The Bertz CT molecular complexity index is 963. The number of amides is 1. The van der Waals surface area contributed by atoms with Crippen LogP contribution < -0.4 is 0 Å². The van der Waals surface area contributed by atoms with Crippen molar-refractivity contribution in [2.24, 2.45) is 17.3 Å². The lowest BCUT2D eigenvalue weighted by atomic mass is 9.82. The van der Waals surface area contributed by atoms with E-state index >= 15 is 0 Å². The SMILES string of the molecule is Cc1cc(C(=O)O)ccc1C1=CCC([C@H]2CC23CCN(C(=O)C2(O)CC2)CC3)C=C1. The number of rotatable bonds is 4. The van der Waals surface area contributed by atoms with Crippen molar-refractivity contribution in [3.8, 4) is 0 Å². The molecule has 1 aromatic rings. The molecular weight excluding hydrogens is 378 g/mol. The van der Waals surface area contributed by atoms with E-state index in [0.29, 0.717) is 35.7 Å². The Morgan fingerprint density at radius 2 is 1.87 bits per heavy atom. The van der Waals surface area contributed by atoms with E-state index in [1.165, 1.54) is 12.0 Å². The molecule has 1 spiro atoms. The highest BCUT2D eigenvalue weighted by Gasteiger charge is 2.58. The molecular formula is C25H29NO4. The van der Waals surface area contributed by atoms with Gasteiger partial charge in [-0.3, -0.25) is 4.79 Å². The zero-order valence-corrected chi connectivity index (χ0v) is 17.4. The molecule has 0 bridgehead atoms. The Labute approximate surface area is 177 Å². The van der Waals surface area contributed by atoms with Gasteiger partial charge in [0.15, 0.2) is 0 Å². The summed E-state index contributed by atoms with van der Waals surface area (Å²) in [5.41, 5.74) is 2.93. The number of likely N-dealkylation sites (tertiary alicyclic amines) is 1. The molecule has 158 valence electrons. The summed E-state index contributed by atoms with van der Waals surface area (Å²) in [6, 6.07) is 5.32. The highest BCUT2D eigenvalue weighted by molar-refractivity contribution is 5.89. The van der Waals surface area contributed by atoms with Gasteiger partial charge in [0.05, 0.1) is 5.56 Å². The molecule has 2 N–H and O–H groups in total. The monoisotopic (exact) mass is 407 g/mol. The number of piperidine rings is 1. The first-order valence-electron chi connectivity index (χ1n) is 11.1. The predicted octanol–water partition coefficient (Wildman–Crippen LogP) is 3.81. The molecule has 3 aliphatic carbocycles. The average molecular weight is 408 g/mol. The molecule has 4 aliphatic rings. The van der Waals surface area contributed by atoms with Crippen LogP contribution in [0.2, 0.25) is 0 Å². The van der Waals surface area contributed by atoms with E-state index < -0.39 is 11.6 Å². The largest absolute Gasteiger partial charge is 0.478 e. The quantitative estimate of drug-likeness (QED) is 0.796. The second-order valence-electron chi connectivity index (χ2n) is 9.75. The van der Waals surface area contributed by atoms with Gasteiger partial charge in [-0.25, -0.2) is 4.79 Å². The van der Waals surface area contributed by atoms with Gasteiger partial charge >= 0.3 is 5.97 Å². The highest BCUT2D eigenvalue weighted by atomic mass is 16.4. The van der Waals surface area contributed by atoms with Gasteiger partial charge in [0.1, 0.15) is 5.60 Å². The first-order valence-corrected chi connectivity index (χ1v) is 11.1. The van der Waals surface area contributed by atoms with Crippen LogP contribution in [0, 0.1) is 24.2 Å². The van der Waals surface area contributed by atoms with Crippen LogP contribution in [0.5, 0.6) is 0 Å². The van der Waals surface area contributed by atoms with E-state index in [2.05, 4.69) is 18.2 Å². The number of carbonyl (C=O) groups is 2. The molecule has 2 atom stereocenters. The first kappa shape index (κ1) is 19.6.